The molecule has 0 aromatic heterocycles. The summed E-state index contributed by atoms with van der Waals surface area (Å²) in [6, 6.07) is 11.4. The molecule has 1 fully saturated rings. The van der Waals surface area contributed by atoms with Crippen LogP contribution in [0.5, 0.6) is 0 Å². The number of amides is 1. The van der Waals surface area contributed by atoms with Crippen LogP contribution < -0.4 is 4.90 Å². The van der Waals surface area contributed by atoms with Gasteiger partial charge in [-0.15, -0.1) is 0 Å². The summed E-state index contributed by atoms with van der Waals surface area (Å²) in [6.07, 6.45) is 2.50. The number of nitrogens with zero attached hydrogens (tertiary/aromatic N) is 2. The molecule has 1 aromatic rings. The Hall–Kier alpha value is -1.86. The molecule has 4 heteroatoms. The summed E-state index contributed by atoms with van der Waals surface area (Å²) in [6.45, 7) is 1.54. The lowest BCUT2D eigenvalue weighted by molar-refractivity contribution is -0.120. The van der Waals surface area contributed by atoms with Crippen LogP contribution in [0.4, 0.5) is 5.69 Å². The van der Waals surface area contributed by atoms with Crippen LogP contribution in [-0.2, 0) is 9.53 Å². The van der Waals surface area contributed by atoms with E-state index in [-0.39, 0.29) is 18.4 Å². The number of carbonyl (C=O) groups excluding carboxylic acids is 1. The van der Waals surface area contributed by atoms with E-state index in [1.807, 2.05) is 30.3 Å². The van der Waals surface area contributed by atoms with Crippen molar-refractivity contribution in [2.45, 2.75) is 19.3 Å². The van der Waals surface area contributed by atoms with Gasteiger partial charge in [0.05, 0.1) is 6.07 Å². The molecular weight excluding hydrogens is 240 g/mol. The average molecular weight is 258 g/mol. The van der Waals surface area contributed by atoms with Crippen molar-refractivity contribution in [1.82, 2.24) is 0 Å². The SMILES string of the molecule is N#CCN(C(=O)CC1CCCOC1)c1ccccc1. The summed E-state index contributed by atoms with van der Waals surface area (Å²) >= 11 is 0. The van der Waals surface area contributed by atoms with Gasteiger partial charge in [-0.1, -0.05) is 18.2 Å². The third-order valence-corrected chi connectivity index (χ3v) is 3.32. The Kier molecular flexibility index (Phi) is 4.93. The number of ether oxygens (including phenoxy) is 1. The van der Waals surface area contributed by atoms with Crippen molar-refractivity contribution in [1.29, 1.82) is 5.26 Å². The van der Waals surface area contributed by atoms with E-state index < -0.39 is 0 Å². The maximum atomic E-state index is 12.3. The molecule has 0 spiro atoms. The van der Waals surface area contributed by atoms with Crippen LogP contribution in [0, 0.1) is 17.2 Å². The molecular formula is C15H18N2O2. The minimum absolute atomic E-state index is 0.00301. The van der Waals surface area contributed by atoms with E-state index in [0.717, 1.165) is 25.1 Å². The largest absolute Gasteiger partial charge is 0.381 e. The monoisotopic (exact) mass is 258 g/mol. The first-order valence-corrected chi connectivity index (χ1v) is 6.61. The molecule has 0 N–H and O–H groups in total. The standard InChI is InChI=1S/C15H18N2O2/c16-8-9-17(14-6-2-1-3-7-14)15(18)11-13-5-4-10-19-12-13/h1-3,6-7,13H,4-5,9-12H2. The lowest BCUT2D eigenvalue weighted by atomic mass is 9.98. The van der Waals surface area contributed by atoms with E-state index in [4.69, 9.17) is 10.00 Å². The van der Waals surface area contributed by atoms with Gasteiger partial charge in [0.15, 0.2) is 0 Å². The van der Waals surface area contributed by atoms with E-state index in [9.17, 15) is 4.79 Å². The Morgan fingerprint density at radius 2 is 2.21 bits per heavy atom. The highest BCUT2D eigenvalue weighted by Gasteiger charge is 2.22. The summed E-state index contributed by atoms with van der Waals surface area (Å²) in [5, 5.41) is 8.88. The molecule has 0 saturated carbocycles. The fourth-order valence-corrected chi connectivity index (χ4v) is 2.33. The highest BCUT2D eigenvalue weighted by atomic mass is 16.5. The van der Waals surface area contributed by atoms with E-state index >= 15 is 0 Å². The summed E-state index contributed by atoms with van der Waals surface area (Å²) in [5.41, 5.74) is 0.783. The second-order valence-electron chi connectivity index (χ2n) is 4.76. The molecule has 0 radical (unpaired) electrons. The Morgan fingerprint density at radius 3 is 2.84 bits per heavy atom. The fourth-order valence-electron chi connectivity index (χ4n) is 2.33. The van der Waals surface area contributed by atoms with Crippen LogP contribution in [-0.4, -0.2) is 25.7 Å². The molecule has 1 aromatic carbocycles. The lowest BCUT2D eigenvalue weighted by Crippen LogP contribution is -2.34. The molecule has 4 nitrogen and oxygen atoms in total. The van der Waals surface area contributed by atoms with Crippen molar-refractivity contribution in [3.05, 3.63) is 30.3 Å². The molecule has 1 saturated heterocycles. The number of rotatable bonds is 4. The summed E-state index contributed by atoms with van der Waals surface area (Å²) in [5.74, 6) is 0.286. The van der Waals surface area contributed by atoms with E-state index in [2.05, 4.69) is 6.07 Å². The molecule has 100 valence electrons. The van der Waals surface area contributed by atoms with Gasteiger partial charge in [-0.2, -0.15) is 5.26 Å². The summed E-state index contributed by atoms with van der Waals surface area (Å²) in [4.78, 5) is 13.9. The first-order chi connectivity index (χ1) is 9.31. The van der Waals surface area contributed by atoms with Gasteiger partial charge in [0, 0.05) is 25.3 Å². The molecule has 1 aliphatic heterocycles. The molecule has 1 amide bonds. The van der Waals surface area contributed by atoms with Crippen molar-refractivity contribution in [2.24, 2.45) is 5.92 Å². The summed E-state index contributed by atoms with van der Waals surface area (Å²) in [7, 11) is 0. The van der Waals surface area contributed by atoms with Crippen molar-refractivity contribution in [3.63, 3.8) is 0 Å². The highest BCUT2D eigenvalue weighted by Crippen LogP contribution is 2.21. The van der Waals surface area contributed by atoms with Crippen LogP contribution in [0.15, 0.2) is 30.3 Å². The maximum absolute atomic E-state index is 12.3. The zero-order chi connectivity index (χ0) is 13.5. The predicted octanol–water partition coefficient (Wildman–Crippen LogP) is 2.36. The second-order valence-corrected chi connectivity index (χ2v) is 4.76. The quantitative estimate of drug-likeness (QED) is 0.779. The molecule has 2 rings (SSSR count). The molecule has 0 aliphatic carbocycles. The third kappa shape index (κ3) is 3.80. The smallest absolute Gasteiger partial charge is 0.228 e. The molecule has 1 unspecified atom stereocenters. The van der Waals surface area contributed by atoms with Crippen LogP contribution in [0.2, 0.25) is 0 Å². The topological polar surface area (TPSA) is 53.3 Å². The van der Waals surface area contributed by atoms with Crippen LogP contribution in [0.25, 0.3) is 0 Å². The number of anilines is 1. The van der Waals surface area contributed by atoms with E-state index in [0.29, 0.717) is 13.0 Å². The van der Waals surface area contributed by atoms with Gasteiger partial charge in [0.2, 0.25) is 5.91 Å². The zero-order valence-corrected chi connectivity index (χ0v) is 10.9. The van der Waals surface area contributed by atoms with Crippen molar-refractivity contribution in [3.8, 4) is 6.07 Å². The van der Waals surface area contributed by atoms with Crippen molar-refractivity contribution >= 4 is 11.6 Å². The van der Waals surface area contributed by atoms with Gasteiger partial charge >= 0.3 is 0 Å². The van der Waals surface area contributed by atoms with E-state index in [1.54, 1.807) is 4.90 Å². The van der Waals surface area contributed by atoms with Gasteiger partial charge in [0.25, 0.3) is 0 Å². The maximum Gasteiger partial charge on any atom is 0.228 e. The molecule has 1 heterocycles. The Labute approximate surface area is 113 Å². The van der Waals surface area contributed by atoms with Crippen LogP contribution >= 0.6 is 0 Å². The highest BCUT2D eigenvalue weighted by molar-refractivity contribution is 5.93. The normalized spacial score (nSPS) is 18.6. The van der Waals surface area contributed by atoms with Crippen LogP contribution in [0.1, 0.15) is 19.3 Å². The summed E-state index contributed by atoms with van der Waals surface area (Å²) < 4.78 is 5.39. The minimum Gasteiger partial charge on any atom is -0.381 e. The molecule has 1 aliphatic rings. The Bertz CT molecular complexity index is 447. The van der Waals surface area contributed by atoms with Gasteiger partial charge in [0.1, 0.15) is 6.54 Å². The van der Waals surface area contributed by atoms with E-state index in [1.165, 1.54) is 0 Å². The van der Waals surface area contributed by atoms with Crippen molar-refractivity contribution < 1.29 is 9.53 Å². The van der Waals surface area contributed by atoms with Gasteiger partial charge < -0.3 is 4.74 Å². The lowest BCUT2D eigenvalue weighted by Gasteiger charge is -2.25. The van der Waals surface area contributed by atoms with Crippen molar-refractivity contribution in [2.75, 3.05) is 24.7 Å². The number of hydrogen-bond acceptors (Lipinski definition) is 3. The van der Waals surface area contributed by atoms with Gasteiger partial charge in [-0.05, 0) is 30.9 Å². The third-order valence-electron chi connectivity index (χ3n) is 3.32. The Balaban J connectivity index is 2.02. The molecule has 0 bridgehead atoms. The number of benzene rings is 1. The van der Waals surface area contributed by atoms with Gasteiger partial charge in [-0.3, -0.25) is 9.69 Å². The number of para-hydroxylation sites is 1. The zero-order valence-electron chi connectivity index (χ0n) is 10.9. The van der Waals surface area contributed by atoms with Crippen LogP contribution in [0.3, 0.4) is 0 Å². The first-order valence-electron chi connectivity index (χ1n) is 6.61. The molecule has 19 heavy (non-hydrogen) atoms. The predicted molar refractivity (Wildman–Crippen MR) is 72.6 cm³/mol. The fraction of sp³-hybridized carbons (Fsp3) is 0.467. The second kappa shape index (κ2) is 6.91. The molecule has 1 atom stereocenters. The van der Waals surface area contributed by atoms with Gasteiger partial charge in [-0.25, -0.2) is 0 Å². The number of nitriles is 1. The average Bonchev–Trinajstić information content (AvgIpc) is 2.46. The first kappa shape index (κ1) is 13.6. The number of carbonyl (C=O) groups is 1. The number of hydrogen-bond donors (Lipinski definition) is 0. The Morgan fingerprint density at radius 1 is 1.42 bits per heavy atom. The minimum atomic E-state index is 0.00301.